The largest absolute Gasteiger partial charge is 0.207 e. The minimum Gasteiger partial charge on any atom is -0.207 e. The van der Waals surface area contributed by atoms with Crippen molar-refractivity contribution in [3.8, 4) is 0 Å². The Morgan fingerprint density at radius 3 is 2.44 bits per heavy atom. The van der Waals surface area contributed by atoms with E-state index < -0.39 is 0 Å². The van der Waals surface area contributed by atoms with Gasteiger partial charge in [-0.2, -0.15) is 0 Å². The van der Waals surface area contributed by atoms with Crippen LogP contribution in [0.1, 0.15) is 21.5 Å². The second-order valence-corrected chi connectivity index (χ2v) is 4.69. The third kappa shape index (κ3) is 2.33. The molecule has 0 radical (unpaired) electrons. The molecule has 1 unspecified atom stereocenters. The van der Waals surface area contributed by atoms with Gasteiger partial charge in [-0.15, -0.1) is 0 Å². The quantitative estimate of drug-likeness (QED) is 0.704. The highest BCUT2D eigenvalue weighted by Gasteiger charge is 2.12. The third-order valence-corrected chi connectivity index (χ3v) is 3.63. The first-order valence-corrected chi connectivity index (χ1v) is 6.05. The van der Waals surface area contributed by atoms with E-state index in [0.717, 1.165) is 16.7 Å². The number of hydrogen-bond donors (Lipinski definition) is 0. The summed E-state index contributed by atoms with van der Waals surface area (Å²) in [5.74, 6) is -0.194. The van der Waals surface area contributed by atoms with Gasteiger partial charge in [0.2, 0.25) is 0 Å². The maximum absolute atomic E-state index is 13.2. The highest BCUT2D eigenvalue weighted by atomic mass is 79.9. The second kappa shape index (κ2) is 4.79. The van der Waals surface area contributed by atoms with Crippen molar-refractivity contribution >= 4 is 15.9 Å². The van der Waals surface area contributed by atoms with Crippen molar-refractivity contribution < 1.29 is 4.39 Å². The summed E-state index contributed by atoms with van der Waals surface area (Å²) < 4.78 is 13.2. The van der Waals surface area contributed by atoms with Gasteiger partial charge in [0, 0.05) is 0 Å². The van der Waals surface area contributed by atoms with Crippen LogP contribution in [-0.4, -0.2) is 0 Å². The molecule has 0 N–H and O–H groups in total. The molecule has 2 heteroatoms. The van der Waals surface area contributed by atoms with Gasteiger partial charge >= 0.3 is 0 Å². The number of alkyl halides is 1. The van der Waals surface area contributed by atoms with Gasteiger partial charge < -0.3 is 0 Å². The second-order valence-electron chi connectivity index (χ2n) is 3.77. The fourth-order valence-electron chi connectivity index (χ4n) is 1.69. The number of rotatable bonds is 2. The zero-order valence-electron chi connectivity index (χ0n) is 8.95. The Morgan fingerprint density at radius 1 is 1.06 bits per heavy atom. The van der Waals surface area contributed by atoms with E-state index in [2.05, 4.69) is 15.9 Å². The van der Waals surface area contributed by atoms with Gasteiger partial charge in [-0.3, -0.25) is 0 Å². The zero-order valence-corrected chi connectivity index (χ0v) is 10.5. The lowest BCUT2D eigenvalue weighted by Crippen LogP contribution is -1.96. The fraction of sp³-hybridized carbons (Fsp3) is 0.143. The number of halogens is 2. The van der Waals surface area contributed by atoms with Crippen LogP contribution in [0.3, 0.4) is 0 Å². The SMILES string of the molecule is Cc1ccc(F)cc1C(Br)c1ccccc1. The molecular formula is C14H12BrF. The van der Waals surface area contributed by atoms with Gasteiger partial charge in [0.05, 0.1) is 4.83 Å². The van der Waals surface area contributed by atoms with Crippen LogP contribution in [0, 0.1) is 12.7 Å². The molecule has 0 aliphatic rings. The number of benzene rings is 2. The topological polar surface area (TPSA) is 0 Å². The summed E-state index contributed by atoms with van der Waals surface area (Å²) in [5, 5.41) is 0. The summed E-state index contributed by atoms with van der Waals surface area (Å²) in [5.41, 5.74) is 3.20. The molecule has 0 spiro atoms. The lowest BCUT2D eigenvalue weighted by molar-refractivity contribution is 0.625. The van der Waals surface area contributed by atoms with Crippen LogP contribution in [0.25, 0.3) is 0 Å². The molecule has 0 nitrogen and oxygen atoms in total. The number of hydrogen-bond acceptors (Lipinski definition) is 0. The molecule has 82 valence electrons. The van der Waals surface area contributed by atoms with Crippen LogP contribution in [0.5, 0.6) is 0 Å². The van der Waals surface area contributed by atoms with E-state index in [1.54, 1.807) is 6.07 Å². The average molecular weight is 279 g/mol. The van der Waals surface area contributed by atoms with Crippen LogP contribution < -0.4 is 0 Å². The van der Waals surface area contributed by atoms with Crippen LogP contribution >= 0.6 is 15.9 Å². The third-order valence-electron chi connectivity index (χ3n) is 2.61. The summed E-state index contributed by atoms with van der Waals surface area (Å²) >= 11 is 3.61. The molecule has 0 amide bonds. The highest BCUT2D eigenvalue weighted by Crippen LogP contribution is 2.32. The maximum atomic E-state index is 13.2. The summed E-state index contributed by atoms with van der Waals surface area (Å²) in [6, 6.07) is 14.9. The van der Waals surface area contributed by atoms with Crippen LogP contribution in [-0.2, 0) is 0 Å². The molecule has 0 saturated carbocycles. The van der Waals surface area contributed by atoms with Crippen molar-refractivity contribution in [1.82, 2.24) is 0 Å². The smallest absolute Gasteiger partial charge is 0.123 e. The van der Waals surface area contributed by atoms with Crippen LogP contribution in [0.15, 0.2) is 48.5 Å². The zero-order chi connectivity index (χ0) is 11.5. The lowest BCUT2D eigenvalue weighted by Gasteiger charge is -2.13. The number of aryl methyl sites for hydroxylation is 1. The summed E-state index contributed by atoms with van der Waals surface area (Å²) in [6.45, 7) is 1.99. The van der Waals surface area contributed by atoms with Gasteiger partial charge in [-0.1, -0.05) is 52.3 Å². The Kier molecular flexibility index (Phi) is 3.39. The molecule has 16 heavy (non-hydrogen) atoms. The van der Waals surface area contributed by atoms with Crippen molar-refractivity contribution in [2.24, 2.45) is 0 Å². The van der Waals surface area contributed by atoms with E-state index in [1.807, 2.05) is 43.3 Å². The standard InChI is InChI=1S/C14H12BrF/c1-10-7-8-12(16)9-13(10)14(15)11-5-3-2-4-6-11/h2-9,14H,1H3. The van der Waals surface area contributed by atoms with Crippen molar-refractivity contribution in [3.05, 3.63) is 71.0 Å². The molecule has 2 aromatic rings. The van der Waals surface area contributed by atoms with Crippen molar-refractivity contribution in [2.75, 3.05) is 0 Å². The lowest BCUT2D eigenvalue weighted by atomic mass is 10.0. The Bertz CT molecular complexity index is 479. The normalized spacial score (nSPS) is 12.4. The van der Waals surface area contributed by atoms with Crippen LogP contribution in [0.4, 0.5) is 4.39 Å². The maximum Gasteiger partial charge on any atom is 0.123 e. The monoisotopic (exact) mass is 278 g/mol. The fourth-order valence-corrected chi connectivity index (χ4v) is 2.48. The first-order valence-electron chi connectivity index (χ1n) is 5.13. The Morgan fingerprint density at radius 2 is 1.75 bits per heavy atom. The van der Waals surface area contributed by atoms with Crippen LogP contribution in [0.2, 0.25) is 0 Å². The molecule has 2 rings (SSSR count). The Hall–Kier alpha value is -1.15. The molecule has 0 aliphatic carbocycles. The molecule has 0 fully saturated rings. The first kappa shape index (κ1) is 11.3. The van der Waals surface area contributed by atoms with Gasteiger partial charge in [-0.05, 0) is 35.7 Å². The molecular weight excluding hydrogens is 267 g/mol. The summed E-state index contributed by atoms with van der Waals surface area (Å²) in [7, 11) is 0. The first-order chi connectivity index (χ1) is 7.68. The minimum atomic E-state index is -0.194. The minimum absolute atomic E-state index is 0.0457. The molecule has 0 aliphatic heterocycles. The van der Waals surface area contributed by atoms with E-state index in [4.69, 9.17) is 0 Å². The Balaban J connectivity index is 2.41. The average Bonchev–Trinajstić information content (AvgIpc) is 2.32. The molecule has 1 atom stereocenters. The van der Waals surface area contributed by atoms with E-state index in [1.165, 1.54) is 6.07 Å². The molecule has 0 heterocycles. The van der Waals surface area contributed by atoms with E-state index in [0.29, 0.717) is 0 Å². The summed E-state index contributed by atoms with van der Waals surface area (Å²) in [6.07, 6.45) is 0. The predicted octanol–water partition coefficient (Wildman–Crippen LogP) is 4.62. The van der Waals surface area contributed by atoms with Crippen molar-refractivity contribution in [2.45, 2.75) is 11.8 Å². The molecule has 2 aromatic carbocycles. The van der Waals surface area contributed by atoms with Crippen molar-refractivity contribution in [3.63, 3.8) is 0 Å². The molecule has 0 bridgehead atoms. The van der Waals surface area contributed by atoms with Gasteiger partial charge in [0.15, 0.2) is 0 Å². The summed E-state index contributed by atoms with van der Waals surface area (Å²) in [4.78, 5) is 0.0457. The van der Waals surface area contributed by atoms with Gasteiger partial charge in [0.25, 0.3) is 0 Å². The van der Waals surface area contributed by atoms with E-state index >= 15 is 0 Å². The highest BCUT2D eigenvalue weighted by molar-refractivity contribution is 9.09. The Labute approximate surface area is 103 Å². The molecule has 0 aromatic heterocycles. The predicted molar refractivity (Wildman–Crippen MR) is 68.3 cm³/mol. The van der Waals surface area contributed by atoms with Gasteiger partial charge in [-0.25, -0.2) is 4.39 Å². The van der Waals surface area contributed by atoms with Gasteiger partial charge in [0.1, 0.15) is 5.82 Å². The van der Waals surface area contributed by atoms with E-state index in [-0.39, 0.29) is 10.6 Å². The molecule has 0 saturated heterocycles. The van der Waals surface area contributed by atoms with E-state index in [9.17, 15) is 4.39 Å². The van der Waals surface area contributed by atoms with Crippen molar-refractivity contribution in [1.29, 1.82) is 0 Å².